The highest BCUT2D eigenvalue weighted by molar-refractivity contribution is 9.11. The molecular formula is C12H13BrClNS2. The summed E-state index contributed by atoms with van der Waals surface area (Å²) in [5, 5.41) is 5.62. The molecule has 0 aliphatic heterocycles. The maximum atomic E-state index is 5.92. The Balaban J connectivity index is 1.78. The molecule has 0 aliphatic rings. The summed E-state index contributed by atoms with van der Waals surface area (Å²) in [6, 6.07) is 6.66. The Bertz CT molecular complexity index is 480. The second-order valence-corrected chi connectivity index (χ2v) is 7.91. The van der Waals surface area contributed by atoms with E-state index in [1.54, 1.807) is 22.7 Å². The third-order valence-corrected chi connectivity index (χ3v) is 5.33. The monoisotopic (exact) mass is 349 g/mol. The van der Waals surface area contributed by atoms with Gasteiger partial charge in [-0.25, -0.2) is 0 Å². The molecule has 92 valence electrons. The summed E-state index contributed by atoms with van der Waals surface area (Å²) in [5.41, 5.74) is 1.27. The van der Waals surface area contributed by atoms with Crippen molar-refractivity contribution >= 4 is 50.2 Å². The molecule has 17 heavy (non-hydrogen) atoms. The van der Waals surface area contributed by atoms with Gasteiger partial charge in [0.15, 0.2) is 0 Å². The molecule has 0 amide bonds. The molecule has 0 aliphatic carbocycles. The second kappa shape index (κ2) is 6.34. The standard InChI is InChI=1S/C12H13BrClNS2/c1-8(9-6-12(14)16-7-9)15-5-4-10-2-3-11(13)17-10/h2-3,6-8,15H,4-5H2,1H3. The number of thiophene rings is 2. The molecule has 0 spiro atoms. The highest BCUT2D eigenvalue weighted by Crippen LogP contribution is 2.25. The zero-order valence-electron chi connectivity index (χ0n) is 9.37. The van der Waals surface area contributed by atoms with Gasteiger partial charge in [0.05, 0.1) is 8.12 Å². The average Bonchev–Trinajstić information content (AvgIpc) is 2.88. The van der Waals surface area contributed by atoms with E-state index in [4.69, 9.17) is 11.6 Å². The van der Waals surface area contributed by atoms with Gasteiger partial charge in [-0.2, -0.15) is 0 Å². The zero-order valence-corrected chi connectivity index (χ0v) is 13.3. The minimum atomic E-state index is 0.363. The number of halogens is 2. The Morgan fingerprint density at radius 3 is 2.88 bits per heavy atom. The fraction of sp³-hybridized carbons (Fsp3) is 0.333. The van der Waals surface area contributed by atoms with E-state index in [1.165, 1.54) is 14.2 Å². The van der Waals surface area contributed by atoms with E-state index in [2.05, 4.69) is 45.7 Å². The first-order chi connectivity index (χ1) is 8.15. The second-order valence-electron chi connectivity index (χ2n) is 3.82. The first kappa shape index (κ1) is 13.6. The van der Waals surface area contributed by atoms with Gasteiger partial charge < -0.3 is 5.32 Å². The summed E-state index contributed by atoms with van der Waals surface area (Å²) in [7, 11) is 0. The van der Waals surface area contributed by atoms with E-state index in [-0.39, 0.29) is 0 Å². The van der Waals surface area contributed by atoms with Crippen molar-refractivity contribution < 1.29 is 0 Å². The lowest BCUT2D eigenvalue weighted by atomic mass is 10.2. The first-order valence-corrected chi connectivity index (χ1v) is 8.23. The van der Waals surface area contributed by atoms with Gasteiger partial charge in [0.2, 0.25) is 0 Å². The van der Waals surface area contributed by atoms with Crippen molar-refractivity contribution in [2.45, 2.75) is 19.4 Å². The van der Waals surface area contributed by atoms with E-state index < -0.39 is 0 Å². The van der Waals surface area contributed by atoms with Crippen LogP contribution in [0.5, 0.6) is 0 Å². The van der Waals surface area contributed by atoms with E-state index in [0.717, 1.165) is 17.3 Å². The summed E-state index contributed by atoms with van der Waals surface area (Å²) in [4.78, 5) is 1.40. The Hall–Kier alpha value is 0.130. The van der Waals surface area contributed by atoms with Crippen molar-refractivity contribution in [3.63, 3.8) is 0 Å². The van der Waals surface area contributed by atoms with Crippen molar-refractivity contribution in [2.75, 3.05) is 6.54 Å². The SMILES string of the molecule is CC(NCCc1ccc(Br)s1)c1csc(Cl)c1. The molecule has 1 atom stereocenters. The van der Waals surface area contributed by atoms with Crippen LogP contribution in [0.1, 0.15) is 23.4 Å². The quantitative estimate of drug-likeness (QED) is 0.789. The molecule has 2 rings (SSSR count). The maximum Gasteiger partial charge on any atom is 0.0931 e. The predicted octanol–water partition coefficient (Wildman–Crippen LogP) is 5.12. The van der Waals surface area contributed by atoms with Crippen molar-refractivity contribution in [2.24, 2.45) is 0 Å². The molecule has 0 fully saturated rings. The molecule has 5 heteroatoms. The molecule has 0 saturated heterocycles. The molecule has 0 aromatic carbocycles. The van der Waals surface area contributed by atoms with Crippen LogP contribution in [0.15, 0.2) is 27.4 Å². The van der Waals surface area contributed by atoms with Crippen LogP contribution in [0.2, 0.25) is 4.34 Å². The lowest BCUT2D eigenvalue weighted by Gasteiger charge is -2.11. The first-order valence-electron chi connectivity index (χ1n) is 5.36. The smallest absolute Gasteiger partial charge is 0.0931 e. The third-order valence-electron chi connectivity index (χ3n) is 2.54. The minimum absolute atomic E-state index is 0.363. The normalized spacial score (nSPS) is 12.9. The zero-order chi connectivity index (χ0) is 12.3. The Morgan fingerprint density at radius 1 is 1.47 bits per heavy atom. The molecule has 1 nitrogen and oxygen atoms in total. The van der Waals surface area contributed by atoms with Gasteiger partial charge in [-0.15, -0.1) is 22.7 Å². The van der Waals surface area contributed by atoms with Crippen LogP contribution in [0.3, 0.4) is 0 Å². The van der Waals surface area contributed by atoms with Gasteiger partial charge in [-0.1, -0.05) is 11.6 Å². The Kier molecular flexibility index (Phi) is 5.06. The van der Waals surface area contributed by atoms with Crippen LogP contribution in [0.4, 0.5) is 0 Å². The molecular weight excluding hydrogens is 338 g/mol. The minimum Gasteiger partial charge on any atom is -0.310 e. The van der Waals surface area contributed by atoms with Crippen molar-refractivity contribution in [3.8, 4) is 0 Å². The fourth-order valence-electron chi connectivity index (χ4n) is 1.57. The van der Waals surface area contributed by atoms with Crippen LogP contribution in [-0.2, 0) is 6.42 Å². The topological polar surface area (TPSA) is 12.0 Å². The van der Waals surface area contributed by atoms with Gasteiger partial charge >= 0.3 is 0 Å². The number of hydrogen-bond donors (Lipinski definition) is 1. The van der Waals surface area contributed by atoms with E-state index in [1.807, 2.05) is 6.07 Å². The summed E-state index contributed by atoms with van der Waals surface area (Å²) >= 11 is 12.8. The molecule has 0 bridgehead atoms. The predicted molar refractivity (Wildman–Crippen MR) is 81.5 cm³/mol. The summed E-state index contributed by atoms with van der Waals surface area (Å²) < 4.78 is 2.06. The highest BCUT2D eigenvalue weighted by atomic mass is 79.9. The number of nitrogens with one attached hydrogen (secondary N) is 1. The summed E-state index contributed by atoms with van der Waals surface area (Å²) in [6.07, 6.45) is 1.07. The molecule has 0 saturated carbocycles. The van der Waals surface area contributed by atoms with Gasteiger partial charge in [0, 0.05) is 17.5 Å². The summed E-state index contributed by atoms with van der Waals surface area (Å²) in [6.45, 7) is 3.16. The molecule has 1 N–H and O–H groups in total. The maximum absolute atomic E-state index is 5.92. The van der Waals surface area contributed by atoms with Crippen LogP contribution < -0.4 is 5.32 Å². The summed E-state index contributed by atoms with van der Waals surface area (Å²) in [5.74, 6) is 0. The molecule has 1 unspecified atom stereocenters. The molecule has 2 aromatic heterocycles. The third kappa shape index (κ3) is 4.07. The largest absolute Gasteiger partial charge is 0.310 e. The highest BCUT2D eigenvalue weighted by Gasteiger charge is 2.07. The number of hydrogen-bond acceptors (Lipinski definition) is 3. The van der Waals surface area contributed by atoms with Gasteiger partial charge in [-0.05, 0) is 58.4 Å². The van der Waals surface area contributed by atoms with Crippen molar-refractivity contribution in [3.05, 3.63) is 42.1 Å². The lowest BCUT2D eigenvalue weighted by Crippen LogP contribution is -2.20. The Morgan fingerprint density at radius 2 is 2.29 bits per heavy atom. The van der Waals surface area contributed by atoms with E-state index >= 15 is 0 Å². The van der Waals surface area contributed by atoms with Crippen LogP contribution in [0, 0.1) is 0 Å². The van der Waals surface area contributed by atoms with Crippen molar-refractivity contribution in [1.82, 2.24) is 5.32 Å². The number of rotatable bonds is 5. The van der Waals surface area contributed by atoms with Gasteiger partial charge in [0.25, 0.3) is 0 Å². The van der Waals surface area contributed by atoms with E-state index in [0.29, 0.717) is 6.04 Å². The van der Waals surface area contributed by atoms with Crippen LogP contribution in [0.25, 0.3) is 0 Å². The van der Waals surface area contributed by atoms with Gasteiger partial charge in [0.1, 0.15) is 0 Å². The Labute approximate surface area is 123 Å². The van der Waals surface area contributed by atoms with Gasteiger partial charge in [-0.3, -0.25) is 0 Å². The molecule has 2 heterocycles. The van der Waals surface area contributed by atoms with Crippen LogP contribution in [-0.4, -0.2) is 6.54 Å². The average molecular weight is 351 g/mol. The van der Waals surface area contributed by atoms with Crippen LogP contribution >= 0.6 is 50.2 Å². The molecule has 2 aromatic rings. The lowest BCUT2D eigenvalue weighted by molar-refractivity contribution is 0.580. The van der Waals surface area contributed by atoms with Crippen molar-refractivity contribution in [1.29, 1.82) is 0 Å². The van der Waals surface area contributed by atoms with E-state index in [9.17, 15) is 0 Å². The molecule has 0 radical (unpaired) electrons. The fourth-order valence-corrected chi connectivity index (χ4v) is 4.03.